The zero-order valence-electron chi connectivity index (χ0n) is 14.2. The van der Waals surface area contributed by atoms with E-state index < -0.39 is 24.0 Å². The maximum Gasteiger partial charge on any atom is 0.573 e. The number of benzene rings is 2. The topological polar surface area (TPSA) is 84.9 Å². The predicted molar refractivity (Wildman–Crippen MR) is 90.3 cm³/mol. The molecule has 0 aliphatic rings. The molecular formula is C18H16F3NO5. The minimum atomic E-state index is -4.98. The maximum absolute atomic E-state index is 12.7. The standard InChI is InChI=1S/C18H16F3NO5/c1-2-9-26-11-7-8-14(15(10-11)27-18(19,20)21)22-16(23)12-5-3-4-6-13(12)17(24)25/h3-8,10H,2,9H2,1H3,(H,22,23)(H,24,25). The predicted octanol–water partition coefficient (Wildman–Crippen LogP) is 4.32. The number of amides is 1. The number of aromatic carboxylic acids is 1. The Morgan fingerprint density at radius 1 is 1.11 bits per heavy atom. The number of alkyl halides is 3. The third-order valence-corrected chi connectivity index (χ3v) is 3.30. The fraction of sp³-hybridized carbons (Fsp3) is 0.222. The van der Waals surface area contributed by atoms with Gasteiger partial charge < -0.3 is 19.9 Å². The normalized spacial score (nSPS) is 11.0. The number of hydrogen-bond acceptors (Lipinski definition) is 4. The van der Waals surface area contributed by atoms with E-state index in [1.807, 2.05) is 6.92 Å². The summed E-state index contributed by atoms with van der Waals surface area (Å²) >= 11 is 0. The Balaban J connectivity index is 2.34. The number of carboxylic acids is 1. The molecule has 0 radical (unpaired) electrons. The van der Waals surface area contributed by atoms with Crippen molar-refractivity contribution in [3.63, 3.8) is 0 Å². The van der Waals surface area contributed by atoms with Gasteiger partial charge in [0, 0.05) is 6.07 Å². The number of anilines is 1. The van der Waals surface area contributed by atoms with Crippen LogP contribution in [0.15, 0.2) is 42.5 Å². The Bertz CT molecular complexity index is 836. The van der Waals surface area contributed by atoms with E-state index in [0.717, 1.165) is 6.07 Å². The Morgan fingerprint density at radius 2 is 1.78 bits per heavy atom. The summed E-state index contributed by atoms with van der Waals surface area (Å²) in [6.45, 7) is 2.13. The summed E-state index contributed by atoms with van der Waals surface area (Å²) in [5.41, 5.74) is -0.758. The van der Waals surface area contributed by atoms with Crippen molar-refractivity contribution in [2.45, 2.75) is 19.7 Å². The first-order valence-electron chi connectivity index (χ1n) is 7.87. The molecule has 2 aromatic rings. The van der Waals surface area contributed by atoms with E-state index in [9.17, 15) is 22.8 Å². The van der Waals surface area contributed by atoms with Crippen LogP contribution in [-0.4, -0.2) is 30.0 Å². The number of ether oxygens (including phenoxy) is 2. The van der Waals surface area contributed by atoms with Gasteiger partial charge in [-0.05, 0) is 30.7 Å². The monoisotopic (exact) mass is 383 g/mol. The Morgan fingerprint density at radius 3 is 2.37 bits per heavy atom. The van der Waals surface area contributed by atoms with Crippen LogP contribution in [0.4, 0.5) is 18.9 Å². The maximum atomic E-state index is 12.7. The molecular weight excluding hydrogens is 367 g/mol. The van der Waals surface area contributed by atoms with Gasteiger partial charge in [0.1, 0.15) is 5.75 Å². The lowest BCUT2D eigenvalue weighted by molar-refractivity contribution is -0.274. The summed E-state index contributed by atoms with van der Waals surface area (Å²) in [5, 5.41) is 11.4. The molecule has 0 bridgehead atoms. The lowest BCUT2D eigenvalue weighted by Gasteiger charge is -2.16. The third-order valence-electron chi connectivity index (χ3n) is 3.30. The van der Waals surface area contributed by atoms with Crippen molar-refractivity contribution < 1.29 is 37.3 Å². The molecule has 27 heavy (non-hydrogen) atoms. The summed E-state index contributed by atoms with van der Waals surface area (Å²) in [5.74, 6) is -2.75. The van der Waals surface area contributed by atoms with Crippen LogP contribution in [0.2, 0.25) is 0 Å². The second-order valence-corrected chi connectivity index (χ2v) is 5.36. The molecule has 0 unspecified atom stereocenters. The van der Waals surface area contributed by atoms with Crippen molar-refractivity contribution in [2.75, 3.05) is 11.9 Å². The number of carboxylic acid groups (broad SMARTS) is 1. The largest absolute Gasteiger partial charge is 0.573 e. The molecule has 6 nitrogen and oxygen atoms in total. The SMILES string of the molecule is CCCOc1ccc(NC(=O)c2ccccc2C(=O)O)c(OC(F)(F)F)c1. The highest BCUT2D eigenvalue weighted by molar-refractivity contribution is 6.11. The number of rotatable bonds is 7. The molecule has 0 aliphatic carbocycles. The van der Waals surface area contributed by atoms with Gasteiger partial charge in [0.15, 0.2) is 5.75 Å². The van der Waals surface area contributed by atoms with Gasteiger partial charge in [-0.3, -0.25) is 4.79 Å². The number of carbonyl (C=O) groups excluding carboxylic acids is 1. The van der Waals surface area contributed by atoms with E-state index in [2.05, 4.69) is 10.1 Å². The van der Waals surface area contributed by atoms with Crippen LogP contribution in [0.1, 0.15) is 34.1 Å². The fourth-order valence-corrected chi connectivity index (χ4v) is 2.18. The zero-order valence-corrected chi connectivity index (χ0v) is 14.2. The van der Waals surface area contributed by atoms with E-state index in [1.54, 1.807) is 0 Å². The van der Waals surface area contributed by atoms with Crippen LogP contribution >= 0.6 is 0 Å². The van der Waals surface area contributed by atoms with E-state index in [-0.39, 0.29) is 22.6 Å². The molecule has 2 N–H and O–H groups in total. The molecule has 2 rings (SSSR count). The molecule has 144 valence electrons. The molecule has 9 heteroatoms. The van der Waals surface area contributed by atoms with Crippen LogP contribution in [-0.2, 0) is 0 Å². The van der Waals surface area contributed by atoms with Crippen LogP contribution in [0.3, 0.4) is 0 Å². The molecule has 0 saturated heterocycles. The molecule has 1 amide bonds. The van der Waals surface area contributed by atoms with Crippen LogP contribution < -0.4 is 14.8 Å². The molecule has 0 atom stereocenters. The second kappa shape index (κ2) is 8.43. The Kier molecular flexibility index (Phi) is 6.27. The van der Waals surface area contributed by atoms with Crippen molar-refractivity contribution in [1.82, 2.24) is 0 Å². The minimum absolute atomic E-state index is 0.139. The first kappa shape index (κ1) is 20.1. The molecule has 0 fully saturated rings. The molecule has 0 aliphatic heterocycles. The van der Waals surface area contributed by atoms with Gasteiger partial charge in [0.05, 0.1) is 23.4 Å². The highest BCUT2D eigenvalue weighted by atomic mass is 19.4. The number of nitrogens with one attached hydrogen (secondary N) is 1. The number of hydrogen-bond donors (Lipinski definition) is 2. The van der Waals surface area contributed by atoms with Crippen molar-refractivity contribution in [3.05, 3.63) is 53.6 Å². The van der Waals surface area contributed by atoms with Crippen molar-refractivity contribution in [2.24, 2.45) is 0 Å². The van der Waals surface area contributed by atoms with E-state index in [1.165, 1.54) is 36.4 Å². The van der Waals surface area contributed by atoms with Gasteiger partial charge in [-0.15, -0.1) is 13.2 Å². The van der Waals surface area contributed by atoms with Crippen molar-refractivity contribution >= 4 is 17.6 Å². The van der Waals surface area contributed by atoms with Crippen molar-refractivity contribution in [3.8, 4) is 11.5 Å². The molecule has 0 aromatic heterocycles. The van der Waals surface area contributed by atoms with Gasteiger partial charge >= 0.3 is 12.3 Å². The summed E-state index contributed by atoms with van der Waals surface area (Å²) < 4.78 is 47.3. The summed E-state index contributed by atoms with van der Waals surface area (Å²) in [4.78, 5) is 23.6. The van der Waals surface area contributed by atoms with Gasteiger partial charge in [0.2, 0.25) is 0 Å². The summed E-state index contributed by atoms with van der Waals surface area (Å²) in [6.07, 6.45) is -4.33. The van der Waals surface area contributed by atoms with Crippen molar-refractivity contribution in [1.29, 1.82) is 0 Å². The molecule has 0 saturated carbocycles. The smallest absolute Gasteiger partial charge is 0.493 e. The highest BCUT2D eigenvalue weighted by Gasteiger charge is 2.32. The Labute approximate surface area is 152 Å². The quantitative estimate of drug-likeness (QED) is 0.744. The van der Waals surface area contributed by atoms with Gasteiger partial charge in [-0.2, -0.15) is 0 Å². The average Bonchev–Trinajstić information content (AvgIpc) is 2.60. The lowest BCUT2D eigenvalue weighted by Crippen LogP contribution is -2.20. The number of halogens is 3. The average molecular weight is 383 g/mol. The summed E-state index contributed by atoms with van der Waals surface area (Å²) in [6, 6.07) is 8.90. The van der Waals surface area contributed by atoms with Crippen LogP contribution in [0, 0.1) is 0 Å². The lowest BCUT2D eigenvalue weighted by atomic mass is 10.1. The number of carbonyl (C=O) groups is 2. The first-order chi connectivity index (χ1) is 12.7. The van der Waals surface area contributed by atoms with E-state index >= 15 is 0 Å². The van der Waals surface area contributed by atoms with E-state index in [4.69, 9.17) is 9.84 Å². The van der Waals surface area contributed by atoms with Crippen LogP contribution in [0.5, 0.6) is 11.5 Å². The second-order valence-electron chi connectivity index (χ2n) is 5.36. The third kappa shape index (κ3) is 5.63. The van der Waals surface area contributed by atoms with Gasteiger partial charge in [0.25, 0.3) is 5.91 Å². The minimum Gasteiger partial charge on any atom is -0.493 e. The van der Waals surface area contributed by atoms with Gasteiger partial charge in [-0.1, -0.05) is 19.1 Å². The van der Waals surface area contributed by atoms with Gasteiger partial charge in [-0.25, -0.2) is 4.79 Å². The first-order valence-corrected chi connectivity index (χ1v) is 7.87. The summed E-state index contributed by atoms with van der Waals surface area (Å²) in [7, 11) is 0. The highest BCUT2D eigenvalue weighted by Crippen LogP contribution is 2.34. The van der Waals surface area contributed by atoms with E-state index in [0.29, 0.717) is 13.0 Å². The molecule has 2 aromatic carbocycles. The molecule has 0 heterocycles. The fourth-order valence-electron chi connectivity index (χ4n) is 2.18. The zero-order chi connectivity index (χ0) is 20.0. The Hall–Kier alpha value is -3.23. The van der Waals surface area contributed by atoms with Crippen LogP contribution in [0.25, 0.3) is 0 Å². The molecule has 0 spiro atoms.